The zero-order chi connectivity index (χ0) is 23.6. The van der Waals surface area contributed by atoms with Gasteiger partial charge in [0, 0.05) is 9.79 Å². The standard InChI is InChI=1S/C28H27NO4S/c1-31-23-11-13-24(14-12-23)33-25-15-17-26(18-16-25)34-27-10-6-5-9-22(27)19-28(30)29-32-20-21-7-3-2-4-8-21/h3,5-18H,2,4,19-20H2,1H3,(H,29,30). The van der Waals surface area contributed by atoms with Gasteiger partial charge in [-0.25, -0.2) is 5.48 Å². The van der Waals surface area contributed by atoms with Crippen LogP contribution in [0.1, 0.15) is 18.4 Å². The summed E-state index contributed by atoms with van der Waals surface area (Å²) in [5, 5.41) is 0. The lowest BCUT2D eigenvalue weighted by atomic mass is 10.1. The third kappa shape index (κ3) is 7.01. The molecule has 6 heteroatoms. The molecule has 174 valence electrons. The number of nitrogens with one attached hydrogen (secondary N) is 1. The quantitative estimate of drug-likeness (QED) is 0.340. The van der Waals surface area contributed by atoms with Crippen LogP contribution in [0, 0.1) is 0 Å². The first-order valence-electron chi connectivity index (χ1n) is 11.1. The van der Waals surface area contributed by atoms with E-state index >= 15 is 0 Å². The molecule has 0 saturated carbocycles. The van der Waals surface area contributed by atoms with Crippen LogP contribution < -0.4 is 15.0 Å². The van der Waals surface area contributed by atoms with Crippen LogP contribution in [0.15, 0.2) is 106 Å². The number of benzene rings is 3. The van der Waals surface area contributed by atoms with Crippen LogP contribution in [0.5, 0.6) is 17.2 Å². The molecule has 0 aliphatic heterocycles. The second-order valence-corrected chi connectivity index (χ2v) is 8.82. The van der Waals surface area contributed by atoms with E-state index < -0.39 is 0 Å². The first-order chi connectivity index (χ1) is 16.7. The number of amides is 1. The molecule has 1 amide bonds. The Hall–Kier alpha value is -3.48. The number of allylic oxidation sites excluding steroid dienone is 2. The fourth-order valence-corrected chi connectivity index (χ4v) is 4.36. The second-order valence-electron chi connectivity index (χ2n) is 7.71. The van der Waals surface area contributed by atoms with E-state index in [1.165, 1.54) is 0 Å². The van der Waals surface area contributed by atoms with Crippen molar-refractivity contribution >= 4 is 17.7 Å². The zero-order valence-corrected chi connectivity index (χ0v) is 19.8. The van der Waals surface area contributed by atoms with Crippen LogP contribution in [-0.4, -0.2) is 19.6 Å². The van der Waals surface area contributed by atoms with Crippen LogP contribution in [0.2, 0.25) is 0 Å². The number of methoxy groups -OCH3 is 1. The van der Waals surface area contributed by atoms with Gasteiger partial charge in [-0.1, -0.05) is 48.2 Å². The van der Waals surface area contributed by atoms with Gasteiger partial charge < -0.3 is 9.47 Å². The van der Waals surface area contributed by atoms with Crippen molar-refractivity contribution in [2.75, 3.05) is 13.7 Å². The molecule has 0 heterocycles. The molecule has 1 aliphatic rings. The fraction of sp³-hybridized carbons (Fsp3) is 0.179. The molecule has 0 radical (unpaired) electrons. The molecule has 0 spiro atoms. The van der Waals surface area contributed by atoms with Gasteiger partial charge in [-0.15, -0.1) is 0 Å². The molecular weight excluding hydrogens is 446 g/mol. The highest BCUT2D eigenvalue weighted by atomic mass is 32.2. The predicted molar refractivity (Wildman–Crippen MR) is 134 cm³/mol. The van der Waals surface area contributed by atoms with E-state index in [1.54, 1.807) is 18.9 Å². The first kappa shape index (κ1) is 23.7. The van der Waals surface area contributed by atoms with E-state index in [0.29, 0.717) is 6.61 Å². The van der Waals surface area contributed by atoms with Crippen molar-refractivity contribution in [1.29, 1.82) is 0 Å². The van der Waals surface area contributed by atoms with Gasteiger partial charge in [0.1, 0.15) is 17.2 Å². The molecule has 0 unspecified atom stereocenters. The van der Waals surface area contributed by atoms with E-state index in [1.807, 2.05) is 78.9 Å². The molecule has 0 aromatic heterocycles. The van der Waals surface area contributed by atoms with Crippen molar-refractivity contribution in [2.24, 2.45) is 0 Å². The third-order valence-corrected chi connectivity index (χ3v) is 6.29. The summed E-state index contributed by atoms with van der Waals surface area (Å²) < 4.78 is 11.1. The highest BCUT2D eigenvalue weighted by molar-refractivity contribution is 7.99. The minimum Gasteiger partial charge on any atom is -0.497 e. The normalized spacial score (nSPS) is 12.7. The Morgan fingerprint density at radius 1 is 0.912 bits per heavy atom. The molecule has 3 aromatic rings. The van der Waals surface area contributed by atoms with Gasteiger partial charge in [-0.2, -0.15) is 0 Å². The Labute approximate surface area is 204 Å². The number of hydroxylamine groups is 1. The van der Waals surface area contributed by atoms with E-state index in [-0.39, 0.29) is 12.3 Å². The Bertz CT molecular complexity index is 1150. The molecule has 0 atom stereocenters. The van der Waals surface area contributed by atoms with Crippen LogP contribution >= 0.6 is 11.8 Å². The monoisotopic (exact) mass is 473 g/mol. The largest absolute Gasteiger partial charge is 0.497 e. The number of carbonyl (C=O) groups is 1. The minimum atomic E-state index is -0.170. The molecule has 3 aromatic carbocycles. The van der Waals surface area contributed by atoms with Crippen molar-refractivity contribution in [3.63, 3.8) is 0 Å². The summed E-state index contributed by atoms with van der Waals surface area (Å²) in [7, 11) is 1.64. The third-order valence-electron chi connectivity index (χ3n) is 5.17. The summed E-state index contributed by atoms with van der Waals surface area (Å²) in [5.74, 6) is 2.12. The van der Waals surface area contributed by atoms with Gasteiger partial charge in [-0.05, 0) is 78.6 Å². The van der Waals surface area contributed by atoms with E-state index in [9.17, 15) is 4.79 Å². The lowest BCUT2D eigenvalue weighted by molar-refractivity contribution is -0.132. The lowest BCUT2D eigenvalue weighted by Gasteiger charge is -2.11. The van der Waals surface area contributed by atoms with E-state index in [4.69, 9.17) is 14.3 Å². The number of carbonyl (C=O) groups excluding carboxylic acids is 1. The number of ether oxygens (including phenoxy) is 2. The lowest BCUT2D eigenvalue weighted by Crippen LogP contribution is -2.26. The number of hydrogen-bond acceptors (Lipinski definition) is 5. The van der Waals surface area contributed by atoms with Gasteiger partial charge in [0.25, 0.3) is 0 Å². The van der Waals surface area contributed by atoms with E-state index in [0.717, 1.165) is 51.0 Å². The van der Waals surface area contributed by atoms with Gasteiger partial charge in [0.2, 0.25) is 5.91 Å². The maximum atomic E-state index is 12.4. The highest BCUT2D eigenvalue weighted by Crippen LogP contribution is 2.33. The maximum Gasteiger partial charge on any atom is 0.248 e. The molecule has 5 nitrogen and oxygen atoms in total. The summed E-state index contributed by atoms with van der Waals surface area (Å²) in [6, 6.07) is 23.3. The SMILES string of the molecule is COc1ccc(Oc2ccc(Sc3ccccc3CC(=O)NOCC3=CCCC=C3)cc2)cc1. The van der Waals surface area contributed by atoms with Gasteiger partial charge >= 0.3 is 0 Å². The molecule has 0 fully saturated rings. The topological polar surface area (TPSA) is 56.8 Å². The van der Waals surface area contributed by atoms with Crippen molar-refractivity contribution in [1.82, 2.24) is 5.48 Å². The summed E-state index contributed by atoms with van der Waals surface area (Å²) in [6.07, 6.45) is 8.60. The molecule has 0 bridgehead atoms. The zero-order valence-electron chi connectivity index (χ0n) is 19.0. The van der Waals surface area contributed by atoms with Crippen LogP contribution in [0.25, 0.3) is 0 Å². The van der Waals surface area contributed by atoms with Crippen molar-refractivity contribution in [2.45, 2.75) is 29.1 Å². The van der Waals surface area contributed by atoms with Crippen LogP contribution in [-0.2, 0) is 16.1 Å². The van der Waals surface area contributed by atoms with Gasteiger partial charge in [0.05, 0.1) is 20.1 Å². The Morgan fingerprint density at radius 3 is 2.32 bits per heavy atom. The van der Waals surface area contributed by atoms with Gasteiger partial charge in [-0.3, -0.25) is 9.63 Å². The summed E-state index contributed by atoms with van der Waals surface area (Å²) in [4.78, 5) is 19.9. The Balaban J connectivity index is 1.31. The number of hydrogen-bond donors (Lipinski definition) is 1. The fourth-order valence-electron chi connectivity index (χ4n) is 3.42. The molecule has 0 saturated heterocycles. The van der Waals surface area contributed by atoms with Crippen molar-refractivity contribution in [3.8, 4) is 17.2 Å². The number of rotatable bonds is 10. The molecule has 4 rings (SSSR count). The Morgan fingerprint density at radius 2 is 1.62 bits per heavy atom. The molecular formula is C28H27NO4S. The highest BCUT2D eigenvalue weighted by Gasteiger charge is 2.10. The van der Waals surface area contributed by atoms with Crippen LogP contribution in [0.4, 0.5) is 0 Å². The molecule has 1 N–H and O–H groups in total. The maximum absolute atomic E-state index is 12.4. The Kier molecular flexibility index (Phi) is 8.43. The second kappa shape index (κ2) is 12.1. The average molecular weight is 474 g/mol. The summed E-state index contributed by atoms with van der Waals surface area (Å²) >= 11 is 1.61. The van der Waals surface area contributed by atoms with Crippen molar-refractivity contribution in [3.05, 3.63) is 102 Å². The van der Waals surface area contributed by atoms with Gasteiger partial charge in [0.15, 0.2) is 0 Å². The summed E-state index contributed by atoms with van der Waals surface area (Å²) in [5.41, 5.74) is 4.59. The first-order valence-corrected chi connectivity index (χ1v) is 12.0. The summed E-state index contributed by atoms with van der Waals surface area (Å²) in [6.45, 7) is 0.379. The van der Waals surface area contributed by atoms with Crippen molar-refractivity contribution < 1.29 is 19.1 Å². The molecule has 1 aliphatic carbocycles. The van der Waals surface area contributed by atoms with Crippen LogP contribution in [0.3, 0.4) is 0 Å². The molecule has 34 heavy (non-hydrogen) atoms. The average Bonchev–Trinajstić information content (AvgIpc) is 2.87. The predicted octanol–water partition coefficient (Wildman–Crippen LogP) is 6.51. The minimum absolute atomic E-state index is 0.170. The van der Waals surface area contributed by atoms with E-state index in [2.05, 4.69) is 17.6 Å². The smallest absolute Gasteiger partial charge is 0.248 e.